The van der Waals surface area contributed by atoms with Crippen molar-refractivity contribution in [2.75, 3.05) is 0 Å². The Morgan fingerprint density at radius 3 is 2.92 bits per heavy atom. The van der Waals surface area contributed by atoms with Gasteiger partial charge in [-0.25, -0.2) is 0 Å². The van der Waals surface area contributed by atoms with Gasteiger partial charge in [-0.1, -0.05) is 23.7 Å². The number of hydrogen-bond acceptors (Lipinski definition) is 5. The van der Waals surface area contributed by atoms with Gasteiger partial charge in [-0.15, -0.1) is 0 Å². The van der Waals surface area contributed by atoms with Crippen molar-refractivity contribution < 1.29 is 24.0 Å². The third-order valence-electron chi connectivity index (χ3n) is 5.20. The molecule has 2 aliphatic rings. The fraction of sp³-hybridized carbons (Fsp3) is 0.471. The molecule has 1 unspecified atom stereocenters. The molecule has 2 aromatic rings. The highest BCUT2D eigenvalue weighted by molar-refractivity contribution is 6.43. The van der Waals surface area contributed by atoms with Crippen LogP contribution in [-0.2, 0) is 16.0 Å². The van der Waals surface area contributed by atoms with Crippen LogP contribution in [-0.4, -0.2) is 41.2 Å². The number of ether oxygens (including phenoxy) is 1. The molecule has 0 radical (unpaired) electrons. The van der Waals surface area contributed by atoms with Crippen molar-refractivity contribution in [2.24, 2.45) is 5.92 Å². The van der Waals surface area contributed by atoms with Gasteiger partial charge in [-0.2, -0.15) is 0 Å². The van der Waals surface area contributed by atoms with Gasteiger partial charge < -0.3 is 24.5 Å². The monoisotopic (exact) mass is 363 g/mol. The Kier molecular flexibility index (Phi) is 4.49. The summed E-state index contributed by atoms with van der Waals surface area (Å²) >= 11 is 6.10. The first-order valence-corrected chi connectivity index (χ1v) is 8.87. The summed E-state index contributed by atoms with van der Waals surface area (Å²) in [5.74, 6) is -1.22. The van der Waals surface area contributed by atoms with Crippen LogP contribution in [0.1, 0.15) is 24.8 Å². The largest absolute Gasteiger partial charge is 0.475 e. The fourth-order valence-corrected chi connectivity index (χ4v) is 4.12. The molecule has 1 aromatic heterocycles. The zero-order valence-electron chi connectivity index (χ0n) is 13.5. The number of amides is 1. The molecule has 1 amide bonds. The maximum absolute atomic E-state index is 12.5. The number of para-hydroxylation sites is 1. The van der Waals surface area contributed by atoms with Crippen LogP contribution in [0.2, 0.25) is 5.02 Å². The van der Waals surface area contributed by atoms with Crippen molar-refractivity contribution in [1.29, 1.82) is 0 Å². The van der Waals surface area contributed by atoms with E-state index in [9.17, 15) is 14.8 Å². The molecule has 0 aliphatic carbocycles. The molecule has 25 heavy (non-hydrogen) atoms. The summed E-state index contributed by atoms with van der Waals surface area (Å²) in [5.41, 5.74) is 1.32. The van der Waals surface area contributed by atoms with Gasteiger partial charge in [-0.3, -0.25) is 4.79 Å². The van der Waals surface area contributed by atoms with Crippen molar-refractivity contribution in [3.63, 3.8) is 0 Å². The van der Waals surface area contributed by atoms with Crippen LogP contribution >= 0.6 is 11.6 Å². The lowest BCUT2D eigenvalue weighted by Gasteiger charge is -2.23. The molecule has 0 saturated carbocycles. The minimum absolute atomic E-state index is 0.0463. The molecule has 3 N–H and O–H groups in total. The topological polar surface area (TPSA) is 91.9 Å². The first-order valence-electron chi connectivity index (χ1n) is 8.49. The predicted molar refractivity (Wildman–Crippen MR) is 93.1 cm³/mol. The van der Waals surface area contributed by atoms with Gasteiger partial charge >= 0.3 is 7.12 Å². The molecule has 2 saturated heterocycles. The average Bonchev–Trinajstić information content (AvgIpc) is 3.30. The van der Waals surface area contributed by atoms with E-state index in [0.29, 0.717) is 17.0 Å². The fourth-order valence-electron chi connectivity index (χ4n) is 3.90. The second-order valence-electron chi connectivity index (χ2n) is 6.83. The maximum Gasteiger partial charge on any atom is 0.475 e. The van der Waals surface area contributed by atoms with E-state index in [2.05, 4.69) is 5.32 Å². The molecular formula is C17H19BClNO5. The smallest absolute Gasteiger partial charge is 0.462 e. The second-order valence-corrected chi connectivity index (χ2v) is 7.23. The van der Waals surface area contributed by atoms with Crippen molar-refractivity contribution in [3.8, 4) is 0 Å². The number of carbonyl (C=O) groups excluding carboxylic acids is 1. The second kappa shape index (κ2) is 6.65. The Morgan fingerprint density at radius 2 is 2.24 bits per heavy atom. The summed E-state index contributed by atoms with van der Waals surface area (Å²) in [5, 5.41) is 23.5. The number of halogens is 1. The van der Waals surface area contributed by atoms with Gasteiger partial charge in [0, 0.05) is 5.39 Å². The van der Waals surface area contributed by atoms with E-state index in [1.54, 1.807) is 18.4 Å². The third-order valence-corrected chi connectivity index (χ3v) is 5.50. The highest BCUT2D eigenvalue weighted by Gasteiger charge is 2.45. The van der Waals surface area contributed by atoms with Gasteiger partial charge in [-0.05, 0) is 37.3 Å². The number of hydrogen-bond donors (Lipinski definition) is 3. The van der Waals surface area contributed by atoms with Crippen molar-refractivity contribution in [3.05, 3.63) is 35.0 Å². The lowest BCUT2D eigenvalue weighted by atomic mass is 9.75. The van der Waals surface area contributed by atoms with Crippen LogP contribution in [0, 0.1) is 5.92 Å². The quantitative estimate of drug-likeness (QED) is 0.703. The summed E-state index contributed by atoms with van der Waals surface area (Å²) in [6.45, 7) is 0. The molecule has 6 nitrogen and oxygen atoms in total. The SMILES string of the molecule is O=C(NC(Cc1coc2c(Cl)cccc12)B(O)O)[C@@H]1C[C@H]2CC[C@@H]1O2. The van der Waals surface area contributed by atoms with Gasteiger partial charge in [0.1, 0.15) is 0 Å². The van der Waals surface area contributed by atoms with E-state index in [1.165, 1.54) is 0 Å². The van der Waals surface area contributed by atoms with Crippen LogP contribution in [0.3, 0.4) is 0 Å². The van der Waals surface area contributed by atoms with E-state index >= 15 is 0 Å². The van der Waals surface area contributed by atoms with Crippen LogP contribution in [0.25, 0.3) is 11.0 Å². The Labute approximate surface area is 150 Å². The summed E-state index contributed by atoms with van der Waals surface area (Å²) in [7, 11) is -1.67. The summed E-state index contributed by atoms with van der Waals surface area (Å²) in [6.07, 6.45) is 4.49. The minimum atomic E-state index is -1.67. The Morgan fingerprint density at radius 1 is 1.40 bits per heavy atom. The van der Waals surface area contributed by atoms with E-state index < -0.39 is 13.1 Å². The first kappa shape index (κ1) is 16.9. The van der Waals surface area contributed by atoms with Crippen molar-refractivity contribution in [1.82, 2.24) is 5.32 Å². The van der Waals surface area contributed by atoms with Crippen LogP contribution in [0.15, 0.2) is 28.9 Å². The van der Waals surface area contributed by atoms with E-state index in [0.717, 1.165) is 23.8 Å². The first-order chi connectivity index (χ1) is 12.0. The number of carbonyl (C=O) groups is 1. The molecule has 8 heteroatoms. The maximum atomic E-state index is 12.5. The summed E-state index contributed by atoms with van der Waals surface area (Å²) < 4.78 is 11.2. The van der Waals surface area contributed by atoms with E-state index in [-0.39, 0.29) is 30.5 Å². The molecule has 0 spiro atoms. The number of benzene rings is 1. The Hall–Kier alpha value is -1.54. The lowest BCUT2D eigenvalue weighted by molar-refractivity contribution is -0.126. The standard InChI is InChI=1S/C17H19BClNO5/c19-13-3-1-2-11-9(8-24-16(11)13)6-15(18(22)23)20-17(21)12-7-10-4-5-14(12)25-10/h1-3,8,10,12,14-15,22-23H,4-7H2,(H,20,21)/t10-,12-,14+,15?/m1/s1. The average molecular weight is 364 g/mol. The highest BCUT2D eigenvalue weighted by atomic mass is 35.5. The van der Waals surface area contributed by atoms with Crippen molar-refractivity contribution >= 4 is 35.6 Å². The van der Waals surface area contributed by atoms with Crippen LogP contribution in [0.4, 0.5) is 0 Å². The molecule has 1 aromatic carbocycles. The number of fused-ring (bicyclic) bond motifs is 3. The molecule has 132 valence electrons. The molecule has 2 aliphatic heterocycles. The molecule has 3 heterocycles. The third kappa shape index (κ3) is 3.17. The van der Waals surface area contributed by atoms with Gasteiger partial charge in [0.05, 0.1) is 35.4 Å². The molecule has 2 fully saturated rings. The lowest BCUT2D eigenvalue weighted by Crippen LogP contribution is -2.50. The van der Waals surface area contributed by atoms with Gasteiger partial charge in [0.2, 0.25) is 5.91 Å². The number of furan rings is 1. The van der Waals surface area contributed by atoms with Crippen molar-refractivity contribution in [2.45, 2.75) is 43.8 Å². The van der Waals surface area contributed by atoms with Crippen LogP contribution in [0.5, 0.6) is 0 Å². The van der Waals surface area contributed by atoms with Crippen LogP contribution < -0.4 is 5.32 Å². The van der Waals surface area contributed by atoms with E-state index in [1.807, 2.05) is 6.07 Å². The zero-order valence-corrected chi connectivity index (χ0v) is 14.3. The molecule has 2 bridgehead atoms. The normalized spacial score (nSPS) is 26.1. The molecular weight excluding hydrogens is 344 g/mol. The number of rotatable bonds is 5. The Balaban J connectivity index is 1.49. The molecule has 4 atom stereocenters. The van der Waals surface area contributed by atoms with Gasteiger partial charge in [0.15, 0.2) is 5.58 Å². The zero-order chi connectivity index (χ0) is 17.6. The van der Waals surface area contributed by atoms with E-state index in [4.69, 9.17) is 20.8 Å². The highest BCUT2D eigenvalue weighted by Crippen LogP contribution is 2.39. The summed E-state index contributed by atoms with van der Waals surface area (Å²) in [4.78, 5) is 12.5. The predicted octanol–water partition coefficient (Wildman–Crippen LogP) is 1.69. The molecule has 4 rings (SSSR count). The van der Waals surface area contributed by atoms with Gasteiger partial charge in [0.25, 0.3) is 0 Å². The summed E-state index contributed by atoms with van der Waals surface area (Å²) in [6, 6.07) is 5.39. The Bertz CT molecular complexity index is 794. The minimum Gasteiger partial charge on any atom is -0.462 e. The number of nitrogens with one attached hydrogen (secondary N) is 1.